The molecule has 2 aromatic carbocycles. The number of nitrogens with one attached hydrogen (secondary N) is 2. The quantitative estimate of drug-likeness (QED) is 0.188. The highest BCUT2D eigenvalue weighted by Crippen LogP contribution is 2.33. The Morgan fingerprint density at radius 3 is 2.45 bits per heavy atom. The van der Waals surface area contributed by atoms with Crippen LogP contribution in [0.2, 0.25) is 0 Å². The van der Waals surface area contributed by atoms with Gasteiger partial charge in [-0.25, -0.2) is 4.79 Å². The van der Waals surface area contributed by atoms with E-state index in [1.807, 2.05) is 4.90 Å². The normalized spacial score (nSPS) is 17.9. The van der Waals surface area contributed by atoms with Gasteiger partial charge in [0.2, 0.25) is 11.8 Å². The van der Waals surface area contributed by atoms with Crippen LogP contribution in [0.1, 0.15) is 33.6 Å². The molecule has 1 fully saturated rings. The van der Waals surface area contributed by atoms with E-state index in [-0.39, 0.29) is 53.7 Å². The molecule has 1 unspecified atom stereocenters. The van der Waals surface area contributed by atoms with Crippen LogP contribution < -0.4 is 20.9 Å². The fraction of sp³-hybridized carbons (Fsp3) is 0.290. The summed E-state index contributed by atoms with van der Waals surface area (Å²) in [5.74, 6) is -2.96. The van der Waals surface area contributed by atoms with Crippen molar-refractivity contribution in [2.24, 2.45) is 0 Å². The molecular formula is C31H31N8O8+. The highest BCUT2D eigenvalue weighted by molar-refractivity contribution is 6.25. The van der Waals surface area contributed by atoms with Crippen LogP contribution in [0.25, 0.3) is 11.3 Å². The van der Waals surface area contributed by atoms with Gasteiger partial charge in [-0.05, 0) is 36.8 Å². The molecule has 0 spiro atoms. The van der Waals surface area contributed by atoms with Crippen molar-refractivity contribution in [1.82, 2.24) is 20.0 Å². The zero-order valence-electron chi connectivity index (χ0n) is 25.0. The number of imide groups is 1. The predicted octanol–water partition coefficient (Wildman–Crippen LogP) is -0.943. The van der Waals surface area contributed by atoms with Crippen LogP contribution in [0.3, 0.4) is 0 Å². The molecule has 3 aliphatic heterocycles. The SMILES string of the molecule is Nc1nnc(-c2ccccc2O)cc1N1CCN(C(=O)COCC(=O)Nc2cccc3c2C(=O)N(C2CCC(=O)[NH+]=C2O)C3=O)CC1. The minimum Gasteiger partial charge on any atom is -0.507 e. The van der Waals surface area contributed by atoms with E-state index in [1.165, 1.54) is 18.2 Å². The number of aliphatic hydroxyl groups is 1. The molecule has 242 valence electrons. The van der Waals surface area contributed by atoms with Crippen LogP contribution in [0.5, 0.6) is 5.75 Å². The van der Waals surface area contributed by atoms with E-state index in [9.17, 15) is 34.2 Å². The molecule has 1 atom stereocenters. The predicted molar refractivity (Wildman–Crippen MR) is 165 cm³/mol. The molecule has 0 saturated carbocycles. The van der Waals surface area contributed by atoms with E-state index in [4.69, 9.17) is 10.5 Å². The second-order valence-electron chi connectivity index (χ2n) is 11.1. The highest BCUT2D eigenvalue weighted by atomic mass is 16.5. The summed E-state index contributed by atoms with van der Waals surface area (Å²) in [7, 11) is 0. The molecule has 3 aromatic rings. The fourth-order valence-corrected chi connectivity index (χ4v) is 5.81. The monoisotopic (exact) mass is 643 g/mol. The molecule has 16 heteroatoms. The zero-order valence-corrected chi connectivity index (χ0v) is 25.0. The van der Waals surface area contributed by atoms with E-state index in [2.05, 4.69) is 20.5 Å². The summed E-state index contributed by atoms with van der Waals surface area (Å²) >= 11 is 0. The lowest BCUT2D eigenvalue weighted by atomic mass is 10.1. The number of para-hydroxylation sites is 1. The van der Waals surface area contributed by atoms with Crippen LogP contribution in [0.15, 0.2) is 48.5 Å². The molecule has 16 nitrogen and oxygen atoms in total. The van der Waals surface area contributed by atoms with Gasteiger partial charge in [-0.3, -0.25) is 24.1 Å². The average Bonchev–Trinajstić information content (AvgIpc) is 3.31. The van der Waals surface area contributed by atoms with Gasteiger partial charge in [0.15, 0.2) is 11.9 Å². The molecule has 1 aromatic heterocycles. The van der Waals surface area contributed by atoms with E-state index in [0.717, 1.165) is 4.90 Å². The number of fused-ring (bicyclic) bond motifs is 1. The molecule has 6 N–H and O–H groups in total. The van der Waals surface area contributed by atoms with Gasteiger partial charge in [0.25, 0.3) is 11.8 Å². The smallest absolute Gasteiger partial charge is 0.388 e. The average molecular weight is 644 g/mol. The minimum atomic E-state index is -1.03. The van der Waals surface area contributed by atoms with Crippen LogP contribution in [0, 0.1) is 0 Å². The number of ether oxygens (including phenoxy) is 1. The second-order valence-corrected chi connectivity index (χ2v) is 11.1. The number of rotatable bonds is 8. The number of benzene rings is 2. The van der Waals surface area contributed by atoms with Crippen molar-refractivity contribution < 1.29 is 43.9 Å². The first-order valence-corrected chi connectivity index (χ1v) is 14.8. The third kappa shape index (κ3) is 6.17. The Labute approximate surface area is 267 Å². The number of carbonyl (C=O) groups excluding carboxylic acids is 5. The van der Waals surface area contributed by atoms with Crippen LogP contribution in [-0.2, 0) is 19.1 Å². The Morgan fingerprint density at radius 2 is 1.70 bits per heavy atom. The number of carbonyl (C=O) groups is 5. The van der Waals surface area contributed by atoms with Crippen molar-refractivity contribution >= 4 is 52.6 Å². The largest absolute Gasteiger partial charge is 0.507 e. The van der Waals surface area contributed by atoms with Crippen molar-refractivity contribution in [2.45, 2.75) is 18.9 Å². The number of aromatic nitrogens is 2. The summed E-state index contributed by atoms with van der Waals surface area (Å²) in [4.78, 5) is 70.1. The van der Waals surface area contributed by atoms with Gasteiger partial charge >= 0.3 is 11.8 Å². The van der Waals surface area contributed by atoms with Crippen molar-refractivity contribution in [1.29, 1.82) is 0 Å². The van der Waals surface area contributed by atoms with Gasteiger partial charge in [0, 0.05) is 31.7 Å². The summed E-state index contributed by atoms with van der Waals surface area (Å²) < 4.78 is 5.38. The van der Waals surface area contributed by atoms with Gasteiger partial charge in [0.05, 0.1) is 34.6 Å². The minimum absolute atomic E-state index is 0.0238. The number of nitrogens with two attached hydrogens (primary N) is 1. The van der Waals surface area contributed by atoms with Gasteiger partial charge in [-0.15, -0.1) is 15.2 Å². The van der Waals surface area contributed by atoms with Crippen LogP contribution >= 0.6 is 0 Å². The maximum Gasteiger partial charge on any atom is 0.388 e. The number of aromatic hydroxyl groups is 1. The lowest BCUT2D eigenvalue weighted by Crippen LogP contribution is -2.82. The first-order chi connectivity index (χ1) is 22.6. The van der Waals surface area contributed by atoms with Gasteiger partial charge in [0.1, 0.15) is 19.0 Å². The number of hydrogen-bond acceptors (Lipinski definition) is 11. The zero-order chi connectivity index (χ0) is 33.2. The highest BCUT2D eigenvalue weighted by Gasteiger charge is 2.47. The summed E-state index contributed by atoms with van der Waals surface area (Å²) in [6, 6.07) is 11.9. The maximum absolute atomic E-state index is 13.2. The van der Waals surface area contributed by atoms with Crippen molar-refractivity contribution in [3.63, 3.8) is 0 Å². The van der Waals surface area contributed by atoms with E-state index in [1.54, 1.807) is 35.2 Å². The number of piperazine rings is 1. The van der Waals surface area contributed by atoms with Gasteiger partial charge in [-0.1, -0.05) is 18.2 Å². The fourth-order valence-electron chi connectivity index (χ4n) is 5.81. The lowest BCUT2D eigenvalue weighted by molar-refractivity contribution is -0.394. The number of phenols is 1. The molecule has 5 amide bonds. The van der Waals surface area contributed by atoms with E-state index in [0.29, 0.717) is 43.1 Å². The molecular weight excluding hydrogens is 612 g/mol. The molecule has 0 aliphatic carbocycles. The van der Waals surface area contributed by atoms with E-state index < -0.39 is 42.2 Å². The molecule has 0 radical (unpaired) electrons. The van der Waals surface area contributed by atoms with E-state index >= 15 is 0 Å². The molecule has 47 heavy (non-hydrogen) atoms. The third-order valence-electron chi connectivity index (χ3n) is 8.17. The number of hydrogen-bond donors (Lipinski definition) is 5. The molecule has 1 saturated heterocycles. The first-order valence-electron chi connectivity index (χ1n) is 14.8. The maximum atomic E-state index is 13.2. The number of nitrogens with zero attached hydrogens (tertiary/aromatic N) is 5. The second kappa shape index (κ2) is 12.8. The number of aliphatic hydroxyl groups excluding tert-OH is 1. The lowest BCUT2D eigenvalue weighted by Gasteiger charge is -2.36. The topological polar surface area (TPSA) is 223 Å². The molecule has 3 aliphatic rings. The van der Waals surface area contributed by atoms with Crippen LogP contribution in [0.4, 0.5) is 17.2 Å². The Morgan fingerprint density at radius 1 is 0.957 bits per heavy atom. The summed E-state index contributed by atoms with van der Waals surface area (Å²) in [5.41, 5.74) is 7.80. The summed E-state index contributed by atoms with van der Waals surface area (Å²) in [5, 5.41) is 31.1. The van der Waals surface area contributed by atoms with Crippen LogP contribution in [-0.4, -0.2) is 111 Å². The molecule has 0 bridgehead atoms. The Kier molecular flexibility index (Phi) is 8.50. The third-order valence-corrected chi connectivity index (χ3v) is 8.17. The van der Waals surface area contributed by atoms with Gasteiger partial charge in [-0.2, -0.15) is 0 Å². The molecule has 4 heterocycles. The molecule has 6 rings (SSSR count). The number of anilines is 3. The van der Waals surface area contributed by atoms with Crippen molar-refractivity contribution in [3.05, 3.63) is 59.7 Å². The first kappa shape index (κ1) is 31.1. The number of phenolic OH excluding ortho intramolecular Hbond substituents is 1. The van der Waals surface area contributed by atoms with Crippen molar-refractivity contribution in [2.75, 3.05) is 55.3 Å². The van der Waals surface area contributed by atoms with Gasteiger partial charge < -0.3 is 35.8 Å². The Bertz CT molecular complexity index is 1820. The summed E-state index contributed by atoms with van der Waals surface area (Å²) in [6.07, 6.45) is 0.0906. The summed E-state index contributed by atoms with van der Waals surface area (Å²) in [6.45, 7) is 0.788. The standard InChI is InChI=1S/C31H30N8O8/c32-28-22(14-20(35-36-28)17-4-1-2-7-23(17)40)37-10-12-38(13-11-37)26(43)16-47-15-25(42)33-19-6-3-5-18-27(19)31(46)39(30(18)45)21-8-9-24(41)34-29(21)44/h1-7,14,21,40H,8-13,15-16H2,(H2,32,36)(H,33,42)(H,34,41,44)/p+1. The van der Waals surface area contributed by atoms with Crippen molar-refractivity contribution in [3.8, 4) is 17.0 Å². The number of amides is 5. The Balaban J connectivity index is 1.01. The number of nitrogen functional groups attached to an aromatic ring is 1. The Hall–Kier alpha value is -5.90.